The van der Waals surface area contributed by atoms with Crippen molar-refractivity contribution < 1.29 is 4.79 Å². The molecule has 0 atom stereocenters. The molecule has 5 nitrogen and oxygen atoms in total. The average Bonchev–Trinajstić information content (AvgIpc) is 2.62. The SMILES string of the molecule is CCCCC(=O)Nc1[nH]ncc1C#N. The van der Waals surface area contributed by atoms with Crippen LogP contribution in [0.4, 0.5) is 5.82 Å². The first-order valence-corrected chi connectivity index (χ1v) is 4.51. The molecule has 0 saturated carbocycles. The van der Waals surface area contributed by atoms with Crippen molar-refractivity contribution in [3.05, 3.63) is 11.8 Å². The number of aromatic nitrogens is 2. The van der Waals surface area contributed by atoms with Crippen molar-refractivity contribution in [3.63, 3.8) is 0 Å². The maximum absolute atomic E-state index is 11.3. The second-order valence-electron chi connectivity index (χ2n) is 2.92. The highest BCUT2D eigenvalue weighted by Crippen LogP contribution is 2.09. The summed E-state index contributed by atoms with van der Waals surface area (Å²) in [5.74, 6) is 0.293. The van der Waals surface area contributed by atoms with Crippen LogP contribution >= 0.6 is 0 Å². The third kappa shape index (κ3) is 2.59. The minimum absolute atomic E-state index is 0.0902. The second-order valence-corrected chi connectivity index (χ2v) is 2.92. The smallest absolute Gasteiger partial charge is 0.225 e. The van der Waals surface area contributed by atoms with Crippen LogP contribution in [-0.2, 0) is 4.79 Å². The Kier molecular flexibility index (Phi) is 3.68. The van der Waals surface area contributed by atoms with E-state index < -0.39 is 0 Å². The van der Waals surface area contributed by atoms with Crippen LogP contribution < -0.4 is 5.32 Å². The van der Waals surface area contributed by atoms with Gasteiger partial charge in [-0.15, -0.1) is 0 Å². The molecule has 0 bridgehead atoms. The Bertz CT molecular complexity index is 350. The minimum atomic E-state index is -0.0902. The molecular weight excluding hydrogens is 180 g/mol. The van der Waals surface area contributed by atoms with Gasteiger partial charge in [-0.25, -0.2) is 0 Å². The highest BCUT2D eigenvalue weighted by atomic mass is 16.1. The second kappa shape index (κ2) is 5.02. The summed E-state index contributed by atoms with van der Waals surface area (Å²) in [4.78, 5) is 11.3. The topological polar surface area (TPSA) is 81.6 Å². The van der Waals surface area contributed by atoms with Crippen LogP contribution in [0, 0.1) is 11.3 Å². The Morgan fingerprint density at radius 1 is 1.79 bits per heavy atom. The molecule has 0 aliphatic carbocycles. The van der Waals surface area contributed by atoms with Gasteiger partial charge in [-0.05, 0) is 6.42 Å². The van der Waals surface area contributed by atoms with E-state index >= 15 is 0 Å². The lowest BCUT2D eigenvalue weighted by atomic mass is 10.2. The van der Waals surface area contributed by atoms with Crippen LogP contribution in [0.15, 0.2) is 6.20 Å². The van der Waals surface area contributed by atoms with Gasteiger partial charge in [-0.3, -0.25) is 9.89 Å². The fourth-order valence-corrected chi connectivity index (χ4v) is 1.01. The Balaban J connectivity index is 2.52. The molecule has 0 unspecified atom stereocenters. The summed E-state index contributed by atoms with van der Waals surface area (Å²) in [5, 5.41) is 17.5. The first-order chi connectivity index (χ1) is 6.77. The highest BCUT2D eigenvalue weighted by Gasteiger charge is 2.07. The van der Waals surface area contributed by atoms with Gasteiger partial charge in [0, 0.05) is 6.42 Å². The zero-order chi connectivity index (χ0) is 10.4. The third-order valence-corrected chi connectivity index (χ3v) is 1.78. The maximum Gasteiger partial charge on any atom is 0.225 e. The molecule has 1 aromatic rings. The Morgan fingerprint density at radius 2 is 2.57 bits per heavy atom. The van der Waals surface area contributed by atoms with Gasteiger partial charge < -0.3 is 5.32 Å². The van der Waals surface area contributed by atoms with E-state index in [-0.39, 0.29) is 5.91 Å². The zero-order valence-corrected chi connectivity index (χ0v) is 8.00. The number of hydrogen-bond acceptors (Lipinski definition) is 3. The van der Waals surface area contributed by atoms with Crippen LogP contribution in [-0.4, -0.2) is 16.1 Å². The normalized spacial score (nSPS) is 9.43. The summed E-state index contributed by atoms with van der Waals surface area (Å²) in [6.45, 7) is 2.02. The Morgan fingerprint density at radius 3 is 3.21 bits per heavy atom. The predicted molar refractivity (Wildman–Crippen MR) is 51.5 cm³/mol. The lowest BCUT2D eigenvalue weighted by molar-refractivity contribution is -0.116. The van der Waals surface area contributed by atoms with E-state index in [4.69, 9.17) is 5.26 Å². The third-order valence-electron chi connectivity index (χ3n) is 1.78. The van der Waals surface area contributed by atoms with Crippen molar-refractivity contribution in [2.24, 2.45) is 0 Å². The standard InChI is InChI=1S/C9H12N4O/c1-2-3-4-8(14)12-9-7(5-10)6-11-13-9/h6H,2-4H2,1H3,(H2,11,12,13,14). The lowest BCUT2D eigenvalue weighted by Crippen LogP contribution is -2.12. The van der Waals surface area contributed by atoms with Gasteiger partial charge in [-0.1, -0.05) is 13.3 Å². The number of rotatable bonds is 4. The molecule has 1 rings (SSSR count). The molecule has 14 heavy (non-hydrogen) atoms. The van der Waals surface area contributed by atoms with Gasteiger partial charge in [0.05, 0.1) is 6.20 Å². The predicted octanol–water partition coefficient (Wildman–Crippen LogP) is 1.41. The van der Waals surface area contributed by atoms with E-state index in [1.165, 1.54) is 6.20 Å². The molecule has 0 spiro atoms. The molecular formula is C9H12N4O. The van der Waals surface area contributed by atoms with Gasteiger partial charge in [0.2, 0.25) is 5.91 Å². The van der Waals surface area contributed by atoms with Gasteiger partial charge in [0.25, 0.3) is 0 Å². The molecule has 1 aromatic heterocycles. The number of carbonyl (C=O) groups excluding carboxylic acids is 1. The van der Waals surface area contributed by atoms with Crippen molar-refractivity contribution in [1.82, 2.24) is 10.2 Å². The number of amides is 1. The van der Waals surface area contributed by atoms with E-state index in [1.807, 2.05) is 13.0 Å². The van der Waals surface area contributed by atoms with Crippen LogP contribution in [0.3, 0.4) is 0 Å². The molecule has 0 aliphatic rings. The summed E-state index contributed by atoms with van der Waals surface area (Å²) in [6, 6.07) is 1.93. The van der Waals surface area contributed by atoms with E-state index in [0.29, 0.717) is 17.8 Å². The summed E-state index contributed by atoms with van der Waals surface area (Å²) >= 11 is 0. The average molecular weight is 192 g/mol. The molecule has 2 N–H and O–H groups in total. The number of H-pyrrole nitrogens is 1. The largest absolute Gasteiger partial charge is 0.310 e. The Hall–Kier alpha value is -1.83. The number of nitriles is 1. The lowest BCUT2D eigenvalue weighted by Gasteiger charge is -2.01. The van der Waals surface area contributed by atoms with E-state index in [9.17, 15) is 4.79 Å². The quantitative estimate of drug-likeness (QED) is 0.756. The number of aromatic amines is 1. The van der Waals surface area contributed by atoms with E-state index in [0.717, 1.165) is 12.8 Å². The van der Waals surface area contributed by atoms with Crippen molar-refractivity contribution >= 4 is 11.7 Å². The maximum atomic E-state index is 11.3. The molecule has 0 saturated heterocycles. The molecule has 0 aliphatic heterocycles. The number of carbonyl (C=O) groups is 1. The number of nitrogens with zero attached hydrogens (tertiary/aromatic N) is 2. The molecule has 74 valence electrons. The van der Waals surface area contributed by atoms with Crippen molar-refractivity contribution in [2.45, 2.75) is 26.2 Å². The molecule has 1 amide bonds. The van der Waals surface area contributed by atoms with E-state index in [1.54, 1.807) is 0 Å². The van der Waals surface area contributed by atoms with Crippen LogP contribution in [0.2, 0.25) is 0 Å². The first-order valence-electron chi connectivity index (χ1n) is 4.51. The Labute approximate surface area is 82.1 Å². The molecule has 5 heteroatoms. The highest BCUT2D eigenvalue weighted by molar-refractivity contribution is 5.90. The molecule has 0 radical (unpaired) electrons. The fourth-order valence-electron chi connectivity index (χ4n) is 1.01. The molecule has 0 fully saturated rings. The monoisotopic (exact) mass is 192 g/mol. The zero-order valence-electron chi connectivity index (χ0n) is 8.00. The minimum Gasteiger partial charge on any atom is -0.310 e. The van der Waals surface area contributed by atoms with Gasteiger partial charge >= 0.3 is 0 Å². The number of hydrogen-bond donors (Lipinski definition) is 2. The number of anilines is 1. The number of unbranched alkanes of at least 4 members (excludes halogenated alkanes) is 1. The number of nitrogens with one attached hydrogen (secondary N) is 2. The van der Waals surface area contributed by atoms with Crippen molar-refractivity contribution in [2.75, 3.05) is 5.32 Å². The van der Waals surface area contributed by atoms with Gasteiger partial charge in [-0.2, -0.15) is 10.4 Å². The fraction of sp³-hybridized carbons (Fsp3) is 0.444. The van der Waals surface area contributed by atoms with Crippen molar-refractivity contribution in [3.8, 4) is 6.07 Å². The summed E-state index contributed by atoms with van der Waals surface area (Å²) in [6.07, 6.45) is 3.68. The summed E-state index contributed by atoms with van der Waals surface area (Å²) in [5.41, 5.74) is 0.356. The van der Waals surface area contributed by atoms with Gasteiger partial charge in [0.1, 0.15) is 17.5 Å². The van der Waals surface area contributed by atoms with Crippen LogP contribution in [0.25, 0.3) is 0 Å². The van der Waals surface area contributed by atoms with Crippen LogP contribution in [0.1, 0.15) is 31.7 Å². The van der Waals surface area contributed by atoms with Gasteiger partial charge in [0.15, 0.2) is 0 Å². The van der Waals surface area contributed by atoms with Crippen LogP contribution in [0.5, 0.6) is 0 Å². The van der Waals surface area contributed by atoms with Crippen molar-refractivity contribution in [1.29, 1.82) is 5.26 Å². The first kappa shape index (κ1) is 10.3. The van der Waals surface area contributed by atoms with E-state index in [2.05, 4.69) is 15.5 Å². The molecule has 0 aromatic carbocycles. The molecule has 1 heterocycles. The summed E-state index contributed by atoms with van der Waals surface area (Å²) < 4.78 is 0. The summed E-state index contributed by atoms with van der Waals surface area (Å²) in [7, 11) is 0.